The molecule has 0 saturated carbocycles. The lowest BCUT2D eigenvalue weighted by atomic mass is 9.70. The zero-order valence-corrected chi connectivity index (χ0v) is 22.5. The van der Waals surface area contributed by atoms with Gasteiger partial charge in [0.15, 0.2) is 0 Å². The Morgan fingerprint density at radius 2 is 2.00 bits per heavy atom. The van der Waals surface area contributed by atoms with E-state index in [2.05, 4.69) is 13.2 Å². The Balaban J connectivity index is 1.84. The van der Waals surface area contributed by atoms with Crippen molar-refractivity contribution < 1.29 is 24.2 Å². The number of hydrogen-bond donors (Lipinski definition) is 1. The minimum Gasteiger partial charge on any atom is -0.394 e. The van der Waals surface area contributed by atoms with Gasteiger partial charge in [0.1, 0.15) is 11.6 Å². The van der Waals surface area contributed by atoms with Gasteiger partial charge in [-0.25, -0.2) is 0 Å². The molecule has 1 N–H and O–H groups in total. The maximum Gasteiger partial charge on any atom is 0.253 e. The fourth-order valence-corrected chi connectivity index (χ4v) is 6.85. The molecule has 3 fully saturated rings. The summed E-state index contributed by atoms with van der Waals surface area (Å²) in [6, 6.07) is 3.80. The minimum absolute atomic E-state index is 0.173. The van der Waals surface area contributed by atoms with Gasteiger partial charge in [-0.3, -0.25) is 14.4 Å². The number of likely N-dealkylation sites (tertiary alicyclic amines) is 1. The van der Waals surface area contributed by atoms with E-state index in [1.807, 2.05) is 26.0 Å². The van der Waals surface area contributed by atoms with Gasteiger partial charge in [-0.2, -0.15) is 0 Å². The predicted molar refractivity (Wildman–Crippen MR) is 142 cm³/mol. The Kier molecular flexibility index (Phi) is 7.83. The fraction of sp³-hybridized carbons (Fsp3) is 0.536. The number of halogens is 1. The molecule has 6 atom stereocenters. The molecule has 3 saturated heterocycles. The summed E-state index contributed by atoms with van der Waals surface area (Å²) in [5.74, 6) is -2.37. The lowest BCUT2D eigenvalue weighted by Crippen LogP contribution is -2.59. The molecule has 3 aliphatic rings. The van der Waals surface area contributed by atoms with Crippen LogP contribution in [-0.2, 0) is 19.1 Å². The Morgan fingerprint density at radius 1 is 1.30 bits per heavy atom. The normalized spacial score (nSPS) is 28.7. The van der Waals surface area contributed by atoms with Crippen molar-refractivity contribution in [3.8, 4) is 0 Å². The number of aliphatic hydroxyl groups is 1. The van der Waals surface area contributed by atoms with Crippen molar-refractivity contribution in [1.82, 2.24) is 9.80 Å². The van der Waals surface area contributed by atoms with Gasteiger partial charge in [-0.05, 0) is 37.8 Å². The second-order valence-electron chi connectivity index (χ2n) is 10.2. The van der Waals surface area contributed by atoms with Crippen molar-refractivity contribution in [2.24, 2.45) is 11.8 Å². The third kappa shape index (κ3) is 4.19. The summed E-state index contributed by atoms with van der Waals surface area (Å²) in [6.07, 6.45) is 4.29. The Hall–Kier alpha value is -2.68. The van der Waals surface area contributed by atoms with Gasteiger partial charge >= 0.3 is 0 Å². The van der Waals surface area contributed by atoms with E-state index in [0.29, 0.717) is 36.5 Å². The lowest BCUT2D eigenvalue weighted by molar-refractivity contribution is -0.146. The summed E-state index contributed by atoms with van der Waals surface area (Å²) in [7, 11) is 1.68. The molecule has 1 spiro atoms. The number of hydrogen-bond acceptors (Lipinski definition) is 5. The van der Waals surface area contributed by atoms with Gasteiger partial charge in [-0.1, -0.05) is 42.8 Å². The van der Waals surface area contributed by atoms with E-state index in [4.69, 9.17) is 16.3 Å². The van der Waals surface area contributed by atoms with Gasteiger partial charge in [-0.15, -0.1) is 13.2 Å². The van der Waals surface area contributed by atoms with E-state index in [1.54, 1.807) is 35.1 Å². The number of carbonyl (C=O) groups excluding carboxylic acids is 3. The van der Waals surface area contributed by atoms with Crippen LogP contribution >= 0.6 is 11.6 Å². The number of anilines is 1. The minimum atomic E-state index is -1.16. The van der Waals surface area contributed by atoms with E-state index < -0.39 is 35.6 Å². The monoisotopic (exact) mass is 529 g/mol. The molecule has 3 heterocycles. The Morgan fingerprint density at radius 3 is 2.59 bits per heavy atom. The van der Waals surface area contributed by atoms with E-state index in [9.17, 15) is 19.5 Å². The first-order valence-electron chi connectivity index (χ1n) is 12.8. The van der Waals surface area contributed by atoms with E-state index in [0.717, 1.165) is 5.56 Å². The molecule has 3 amide bonds. The number of likely N-dealkylation sites (N-methyl/N-ethyl adjacent to an activating group) is 1. The van der Waals surface area contributed by atoms with Crippen LogP contribution in [0.5, 0.6) is 0 Å². The number of rotatable bonds is 10. The molecule has 0 radical (unpaired) electrons. The first-order valence-corrected chi connectivity index (χ1v) is 13.2. The largest absolute Gasteiger partial charge is 0.394 e. The van der Waals surface area contributed by atoms with Crippen LogP contribution in [0.4, 0.5) is 5.69 Å². The SMILES string of the molecule is C=CCN(C)C(=O)[C@@H]1[C@@H]2CCC3(O2)C(C(=O)N(CC=C)c2c(C)cccc2Cl)N([C@@H](CC)CO)C(=O)[C@H]13. The standard InChI is InChI=1S/C28H36ClN3O5/c1-6-14-30(5)25(34)21-20-12-13-28(37-20)22(21)26(35)32(18(8-3)16-33)24(28)27(36)31(15-7-2)23-17(4)10-9-11-19(23)29/h6-7,9-11,18,20-22,24,33H,1-2,8,12-16H2,3-5H3/t18-,20-,21+,22-,24?,28?/m0/s1. The van der Waals surface area contributed by atoms with Crippen molar-refractivity contribution in [2.45, 2.75) is 56.9 Å². The van der Waals surface area contributed by atoms with Crippen LogP contribution in [0, 0.1) is 18.8 Å². The first kappa shape index (κ1) is 27.4. The van der Waals surface area contributed by atoms with Crippen molar-refractivity contribution in [2.75, 3.05) is 31.6 Å². The highest BCUT2D eigenvalue weighted by Crippen LogP contribution is 2.59. The fourth-order valence-electron chi connectivity index (χ4n) is 6.53. The predicted octanol–water partition coefficient (Wildman–Crippen LogP) is 2.96. The number of fused-ring (bicyclic) bond motifs is 1. The molecule has 200 valence electrons. The molecular weight excluding hydrogens is 494 g/mol. The van der Waals surface area contributed by atoms with Gasteiger partial charge in [0.2, 0.25) is 11.8 Å². The van der Waals surface area contributed by atoms with Crippen molar-refractivity contribution >= 4 is 35.0 Å². The average molecular weight is 530 g/mol. The zero-order valence-electron chi connectivity index (χ0n) is 21.7. The summed E-state index contributed by atoms with van der Waals surface area (Å²) in [4.78, 5) is 46.7. The summed E-state index contributed by atoms with van der Waals surface area (Å²) in [6.45, 7) is 11.5. The van der Waals surface area contributed by atoms with E-state index in [-0.39, 0.29) is 30.9 Å². The molecular formula is C28H36ClN3O5. The van der Waals surface area contributed by atoms with Crippen LogP contribution in [0.1, 0.15) is 31.7 Å². The number of amides is 3. The van der Waals surface area contributed by atoms with Crippen LogP contribution in [0.2, 0.25) is 5.02 Å². The number of carbonyl (C=O) groups is 3. The first-order chi connectivity index (χ1) is 17.7. The molecule has 4 rings (SSSR count). The highest BCUT2D eigenvalue weighted by atomic mass is 35.5. The van der Waals surface area contributed by atoms with Crippen molar-refractivity contribution in [3.05, 3.63) is 54.1 Å². The van der Waals surface area contributed by atoms with Crippen LogP contribution in [0.25, 0.3) is 0 Å². The summed E-state index contributed by atoms with van der Waals surface area (Å²) < 4.78 is 6.52. The lowest BCUT2D eigenvalue weighted by Gasteiger charge is -2.39. The van der Waals surface area contributed by atoms with Gasteiger partial charge in [0.05, 0.1) is 41.3 Å². The average Bonchev–Trinajstić information content (AvgIpc) is 3.51. The van der Waals surface area contributed by atoms with Gasteiger partial charge < -0.3 is 24.5 Å². The maximum absolute atomic E-state index is 14.5. The molecule has 9 heteroatoms. The second-order valence-corrected chi connectivity index (χ2v) is 10.6. The summed E-state index contributed by atoms with van der Waals surface area (Å²) in [5.41, 5.74) is 0.188. The highest BCUT2D eigenvalue weighted by molar-refractivity contribution is 6.34. The van der Waals surface area contributed by atoms with Gasteiger partial charge in [0.25, 0.3) is 5.91 Å². The number of para-hydroxylation sites is 1. The smallest absolute Gasteiger partial charge is 0.253 e. The third-order valence-electron chi connectivity index (χ3n) is 8.15. The second kappa shape index (κ2) is 10.6. The highest BCUT2D eigenvalue weighted by Gasteiger charge is 2.75. The molecule has 8 nitrogen and oxygen atoms in total. The van der Waals surface area contributed by atoms with Crippen LogP contribution in [-0.4, -0.2) is 83.2 Å². The molecule has 1 aromatic carbocycles. The Labute approximate surface area is 223 Å². The molecule has 0 aromatic heterocycles. The zero-order chi connectivity index (χ0) is 27.1. The van der Waals surface area contributed by atoms with Gasteiger partial charge in [0, 0.05) is 20.1 Å². The topological polar surface area (TPSA) is 90.4 Å². The quantitative estimate of drug-likeness (QED) is 0.471. The molecule has 3 aliphatic heterocycles. The number of aryl methyl sites for hydroxylation is 1. The Bertz CT molecular complexity index is 1090. The van der Waals surface area contributed by atoms with E-state index >= 15 is 0 Å². The number of aliphatic hydroxyl groups excluding tert-OH is 1. The third-order valence-corrected chi connectivity index (χ3v) is 8.45. The summed E-state index contributed by atoms with van der Waals surface area (Å²) >= 11 is 6.57. The molecule has 37 heavy (non-hydrogen) atoms. The molecule has 1 aromatic rings. The molecule has 0 aliphatic carbocycles. The van der Waals surface area contributed by atoms with E-state index in [1.165, 1.54) is 4.90 Å². The van der Waals surface area contributed by atoms with Crippen molar-refractivity contribution in [1.29, 1.82) is 0 Å². The number of ether oxygens (including phenoxy) is 1. The van der Waals surface area contributed by atoms with Crippen molar-refractivity contribution in [3.63, 3.8) is 0 Å². The summed E-state index contributed by atoms with van der Waals surface area (Å²) in [5, 5.41) is 10.6. The van der Waals surface area contributed by atoms with Crippen LogP contribution < -0.4 is 4.90 Å². The molecule has 2 unspecified atom stereocenters. The number of benzene rings is 1. The van der Waals surface area contributed by atoms with Crippen LogP contribution in [0.15, 0.2) is 43.5 Å². The number of nitrogens with zero attached hydrogens (tertiary/aromatic N) is 3. The van der Waals surface area contributed by atoms with Crippen LogP contribution in [0.3, 0.4) is 0 Å². The maximum atomic E-state index is 14.5. The molecule has 2 bridgehead atoms.